The van der Waals surface area contributed by atoms with Gasteiger partial charge in [0.15, 0.2) is 17.5 Å². The van der Waals surface area contributed by atoms with Crippen LogP contribution in [0.2, 0.25) is 0 Å². The van der Waals surface area contributed by atoms with Gasteiger partial charge in [-0.15, -0.1) is 0 Å². The monoisotopic (exact) mass is 647 g/mol. The molecule has 0 saturated heterocycles. The standard InChI is InChI=1S/C25H39N3O3.C7H5F3.C5H12/c1-4-9-19(3)25(21-13-14-21)27-16-17-31-22-12-7-6-10-20(22)11-8-15-26-24(30)18-28-23(29)5-2;1-4-2-5(8)7(10)6(9)3-4;1-4-5(2)3/h6-7,9-10,12,21,25,27H,4-5,8,11,13-18H2,1-3H3,(H,26,30)(H,28,29);2-3H,1H3;5H,4H2,1-3H3/b19-9+;;. The molecule has 6 nitrogen and oxygen atoms in total. The second-order valence-electron chi connectivity index (χ2n) is 12.0. The fraction of sp³-hybridized carbons (Fsp3) is 0.568. The smallest absolute Gasteiger partial charge is 0.239 e. The predicted octanol–water partition coefficient (Wildman–Crippen LogP) is 7.83. The maximum atomic E-state index is 12.2. The second kappa shape index (κ2) is 23.1. The van der Waals surface area contributed by atoms with Crippen molar-refractivity contribution in [1.29, 1.82) is 0 Å². The van der Waals surface area contributed by atoms with Crippen LogP contribution in [0.3, 0.4) is 0 Å². The minimum absolute atomic E-state index is 0.0359. The van der Waals surface area contributed by atoms with E-state index in [9.17, 15) is 22.8 Å². The Bertz CT molecular complexity index is 1190. The Balaban J connectivity index is 0.000000577. The third-order valence-corrected chi connectivity index (χ3v) is 7.46. The summed E-state index contributed by atoms with van der Waals surface area (Å²) in [5.74, 6) is -1.39. The molecule has 0 aromatic heterocycles. The van der Waals surface area contributed by atoms with E-state index in [1.54, 1.807) is 6.92 Å². The van der Waals surface area contributed by atoms with E-state index in [0.29, 0.717) is 31.2 Å². The molecule has 0 aliphatic heterocycles. The largest absolute Gasteiger partial charge is 0.492 e. The Morgan fingerprint density at radius 2 is 1.61 bits per heavy atom. The topological polar surface area (TPSA) is 79.5 Å². The number of allylic oxidation sites excluding steroid dienone is 1. The predicted molar refractivity (Wildman–Crippen MR) is 181 cm³/mol. The fourth-order valence-electron chi connectivity index (χ4n) is 4.36. The minimum Gasteiger partial charge on any atom is -0.492 e. The summed E-state index contributed by atoms with van der Waals surface area (Å²) < 4.78 is 42.7. The molecular weight excluding hydrogens is 591 g/mol. The number of amides is 2. The van der Waals surface area contributed by atoms with Crippen molar-refractivity contribution in [3.8, 4) is 5.75 Å². The molecule has 2 amide bonds. The molecule has 3 N–H and O–H groups in total. The van der Waals surface area contributed by atoms with Crippen LogP contribution in [-0.4, -0.2) is 44.1 Å². The summed E-state index contributed by atoms with van der Waals surface area (Å²) in [6, 6.07) is 10.5. The molecule has 1 saturated carbocycles. The molecule has 0 heterocycles. The molecule has 2 aromatic rings. The molecule has 1 unspecified atom stereocenters. The van der Waals surface area contributed by atoms with Crippen LogP contribution in [-0.2, 0) is 16.0 Å². The molecule has 1 aliphatic carbocycles. The van der Waals surface area contributed by atoms with E-state index in [2.05, 4.69) is 62.7 Å². The fourth-order valence-corrected chi connectivity index (χ4v) is 4.36. The first-order valence-electron chi connectivity index (χ1n) is 16.7. The van der Waals surface area contributed by atoms with Crippen LogP contribution in [0.4, 0.5) is 13.2 Å². The van der Waals surface area contributed by atoms with Crippen molar-refractivity contribution in [1.82, 2.24) is 16.0 Å². The number of hydrogen-bond acceptors (Lipinski definition) is 4. The van der Waals surface area contributed by atoms with Crippen LogP contribution >= 0.6 is 0 Å². The third kappa shape index (κ3) is 17.4. The molecule has 1 atom stereocenters. The zero-order valence-corrected chi connectivity index (χ0v) is 28.9. The minimum atomic E-state index is -1.41. The second-order valence-corrected chi connectivity index (χ2v) is 12.0. The number of aryl methyl sites for hydroxylation is 2. The summed E-state index contributed by atoms with van der Waals surface area (Å²) in [6.45, 7) is 16.4. The number of hydrogen-bond donors (Lipinski definition) is 3. The lowest BCUT2D eigenvalue weighted by Gasteiger charge is -2.20. The van der Waals surface area contributed by atoms with E-state index in [4.69, 9.17) is 4.74 Å². The first-order valence-corrected chi connectivity index (χ1v) is 16.7. The van der Waals surface area contributed by atoms with E-state index < -0.39 is 17.5 Å². The molecule has 2 aromatic carbocycles. The quantitative estimate of drug-likeness (QED) is 0.0986. The van der Waals surface area contributed by atoms with Crippen LogP contribution in [0, 0.1) is 36.2 Å². The van der Waals surface area contributed by atoms with Crippen LogP contribution < -0.4 is 20.7 Å². The number of nitrogens with one attached hydrogen (secondary N) is 3. The SMILES string of the molecule is CC/C=C(\C)C(NCCOc1ccccc1CCCNC(=O)CNC(=O)CC)C1CC1.CCC(C)C.Cc1cc(F)c(F)c(F)c1. The third-order valence-electron chi connectivity index (χ3n) is 7.46. The van der Waals surface area contributed by atoms with Gasteiger partial charge in [-0.1, -0.05) is 70.9 Å². The first-order chi connectivity index (χ1) is 21.9. The van der Waals surface area contributed by atoms with Gasteiger partial charge in [-0.05, 0) is 87.1 Å². The summed E-state index contributed by atoms with van der Waals surface area (Å²) in [4.78, 5) is 23.0. The number of halogens is 3. The molecule has 3 rings (SSSR count). The Morgan fingerprint density at radius 1 is 0.978 bits per heavy atom. The average molecular weight is 648 g/mol. The van der Waals surface area contributed by atoms with E-state index in [-0.39, 0.29) is 18.4 Å². The van der Waals surface area contributed by atoms with Gasteiger partial charge in [-0.25, -0.2) is 13.2 Å². The molecule has 0 spiro atoms. The number of benzene rings is 2. The number of para-hydroxylation sites is 1. The maximum Gasteiger partial charge on any atom is 0.239 e. The van der Waals surface area contributed by atoms with Crippen molar-refractivity contribution in [2.45, 2.75) is 99.5 Å². The van der Waals surface area contributed by atoms with Gasteiger partial charge in [0.2, 0.25) is 11.8 Å². The van der Waals surface area contributed by atoms with E-state index >= 15 is 0 Å². The van der Waals surface area contributed by atoms with Crippen molar-refractivity contribution in [2.24, 2.45) is 11.8 Å². The van der Waals surface area contributed by atoms with Gasteiger partial charge < -0.3 is 20.7 Å². The lowest BCUT2D eigenvalue weighted by atomic mass is 10.0. The van der Waals surface area contributed by atoms with E-state index in [1.165, 1.54) is 31.8 Å². The summed E-state index contributed by atoms with van der Waals surface area (Å²) in [5.41, 5.74) is 2.97. The Labute approximate surface area is 275 Å². The molecular formula is C37H56F3N3O3. The highest BCUT2D eigenvalue weighted by molar-refractivity contribution is 5.84. The Hall–Kier alpha value is -3.33. The molecule has 46 heavy (non-hydrogen) atoms. The van der Waals surface area contributed by atoms with E-state index in [1.807, 2.05) is 18.2 Å². The summed E-state index contributed by atoms with van der Waals surface area (Å²) in [6.07, 6.45) is 9.37. The molecule has 0 radical (unpaired) electrons. The average Bonchev–Trinajstić information content (AvgIpc) is 3.87. The molecule has 1 aliphatic rings. The number of ether oxygens (including phenoxy) is 1. The van der Waals surface area contributed by atoms with Gasteiger partial charge in [0, 0.05) is 25.6 Å². The Morgan fingerprint density at radius 3 is 2.17 bits per heavy atom. The molecule has 0 bridgehead atoms. The molecule has 258 valence electrons. The van der Waals surface area contributed by atoms with Gasteiger partial charge in [0.25, 0.3) is 0 Å². The van der Waals surface area contributed by atoms with Crippen molar-refractivity contribution in [3.63, 3.8) is 0 Å². The zero-order chi connectivity index (χ0) is 34.5. The Kier molecular flexibility index (Phi) is 20.4. The van der Waals surface area contributed by atoms with Crippen molar-refractivity contribution in [2.75, 3.05) is 26.2 Å². The van der Waals surface area contributed by atoms with Gasteiger partial charge in [0.05, 0.1) is 6.54 Å². The van der Waals surface area contributed by atoms with Crippen LogP contribution in [0.25, 0.3) is 0 Å². The molecule has 1 fully saturated rings. The zero-order valence-electron chi connectivity index (χ0n) is 28.9. The van der Waals surface area contributed by atoms with Gasteiger partial charge in [-0.3, -0.25) is 9.59 Å². The van der Waals surface area contributed by atoms with Crippen molar-refractivity contribution in [3.05, 3.63) is 76.6 Å². The number of carbonyl (C=O) groups excluding carboxylic acids is 2. The van der Waals surface area contributed by atoms with Gasteiger partial charge in [-0.2, -0.15) is 0 Å². The summed E-state index contributed by atoms with van der Waals surface area (Å²) in [7, 11) is 0. The number of carbonyl (C=O) groups is 2. The van der Waals surface area contributed by atoms with Crippen LogP contribution in [0.15, 0.2) is 48.0 Å². The number of rotatable bonds is 16. The first kappa shape index (κ1) is 40.7. The van der Waals surface area contributed by atoms with Crippen LogP contribution in [0.1, 0.15) is 91.2 Å². The summed E-state index contributed by atoms with van der Waals surface area (Å²) >= 11 is 0. The van der Waals surface area contributed by atoms with Crippen molar-refractivity contribution < 1.29 is 27.5 Å². The van der Waals surface area contributed by atoms with Gasteiger partial charge >= 0.3 is 0 Å². The summed E-state index contributed by atoms with van der Waals surface area (Å²) in [5, 5.41) is 9.10. The highest BCUT2D eigenvalue weighted by Crippen LogP contribution is 2.35. The van der Waals surface area contributed by atoms with Crippen LogP contribution in [0.5, 0.6) is 5.75 Å². The molecule has 9 heteroatoms. The highest BCUT2D eigenvalue weighted by Gasteiger charge is 2.31. The van der Waals surface area contributed by atoms with Crippen molar-refractivity contribution >= 4 is 11.8 Å². The highest BCUT2D eigenvalue weighted by atomic mass is 19.2. The van der Waals surface area contributed by atoms with E-state index in [0.717, 1.165) is 61.1 Å². The lowest BCUT2D eigenvalue weighted by molar-refractivity contribution is -0.125. The lowest BCUT2D eigenvalue weighted by Crippen LogP contribution is -2.37. The van der Waals surface area contributed by atoms with Gasteiger partial charge in [0.1, 0.15) is 12.4 Å². The normalized spacial score (nSPS) is 13.2. The maximum absolute atomic E-state index is 12.2.